The third-order valence-corrected chi connectivity index (χ3v) is 4.28. The first kappa shape index (κ1) is 12.9. The van der Waals surface area contributed by atoms with Gasteiger partial charge in [-0.25, -0.2) is 0 Å². The number of ether oxygens (including phenoxy) is 2. The van der Waals surface area contributed by atoms with Crippen LogP contribution in [0.2, 0.25) is 0 Å². The van der Waals surface area contributed by atoms with E-state index in [1.54, 1.807) is 0 Å². The molecule has 0 N–H and O–H groups in total. The van der Waals surface area contributed by atoms with E-state index in [-0.39, 0.29) is 18.0 Å². The molecule has 2 fully saturated rings. The van der Waals surface area contributed by atoms with Crippen molar-refractivity contribution in [3.8, 4) is 0 Å². The van der Waals surface area contributed by atoms with Gasteiger partial charge in [-0.05, 0) is 25.2 Å². The molecular formula is C14H24O3. The van der Waals surface area contributed by atoms with Crippen LogP contribution < -0.4 is 0 Å². The van der Waals surface area contributed by atoms with Crippen LogP contribution in [0.5, 0.6) is 0 Å². The lowest BCUT2D eigenvalue weighted by Gasteiger charge is -2.22. The third kappa shape index (κ3) is 2.82. The summed E-state index contributed by atoms with van der Waals surface area (Å²) in [6.07, 6.45) is 8.97. The molecule has 17 heavy (non-hydrogen) atoms. The molecule has 98 valence electrons. The number of fused-ring (bicyclic) bond motifs is 2. The van der Waals surface area contributed by atoms with Crippen molar-refractivity contribution in [2.24, 2.45) is 11.8 Å². The van der Waals surface area contributed by atoms with E-state index >= 15 is 0 Å². The smallest absolute Gasteiger partial charge is 0.311 e. The lowest BCUT2D eigenvalue weighted by Crippen LogP contribution is -2.29. The number of unbranched alkanes of at least 4 members (excludes halogenated alkanes) is 3. The van der Waals surface area contributed by atoms with Crippen molar-refractivity contribution in [3.05, 3.63) is 0 Å². The minimum atomic E-state index is -0.0815. The Balaban J connectivity index is 1.72. The van der Waals surface area contributed by atoms with E-state index in [4.69, 9.17) is 9.47 Å². The molecule has 0 amide bonds. The zero-order chi connectivity index (χ0) is 12.3. The summed E-state index contributed by atoms with van der Waals surface area (Å²) in [4.78, 5) is 11.5. The Morgan fingerprint density at radius 3 is 2.65 bits per heavy atom. The van der Waals surface area contributed by atoms with Crippen LogP contribution in [-0.4, -0.2) is 25.3 Å². The van der Waals surface area contributed by atoms with E-state index < -0.39 is 0 Å². The molecule has 2 aliphatic rings. The second kappa shape index (κ2) is 5.85. The van der Waals surface area contributed by atoms with Gasteiger partial charge in [0.05, 0.1) is 25.2 Å². The van der Waals surface area contributed by atoms with Crippen molar-refractivity contribution in [2.75, 3.05) is 7.11 Å². The molecule has 0 aromatic rings. The average Bonchev–Trinajstić information content (AvgIpc) is 2.93. The van der Waals surface area contributed by atoms with Crippen LogP contribution in [0.1, 0.15) is 51.9 Å². The van der Waals surface area contributed by atoms with Gasteiger partial charge in [0, 0.05) is 0 Å². The van der Waals surface area contributed by atoms with Crippen LogP contribution in [0.4, 0.5) is 0 Å². The molecule has 0 saturated carbocycles. The Kier molecular flexibility index (Phi) is 4.43. The van der Waals surface area contributed by atoms with E-state index in [1.807, 2.05) is 0 Å². The summed E-state index contributed by atoms with van der Waals surface area (Å²) >= 11 is 0. The molecule has 0 spiro atoms. The maximum absolute atomic E-state index is 11.5. The second-order valence-corrected chi connectivity index (χ2v) is 5.42. The minimum Gasteiger partial charge on any atom is -0.469 e. The molecular weight excluding hydrogens is 216 g/mol. The van der Waals surface area contributed by atoms with Crippen molar-refractivity contribution in [1.82, 2.24) is 0 Å². The number of methoxy groups -OCH3 is 1. The van der Waals surface area contributed by atoms with Crippen LogP contribution in [0.25, 0.3) is 0 Å². The summed E-state index contributed by atoms with van der Waals surface area (Å²) in [7, 11) is 1.47. The minimum absolute atomic E-state index is 0.0110. The number of esters is 1. The summed E-state index contributed by atoms with van der Waals surface area (Å²) < 4.78 is 10.7. The molecule has 3 nitrogen and oxygen atoms in total. The largest absolute Gasteiger partial charge is 0.469 e. The van der Waals surface area contributed by atoms with Gasteiger partial charge in [0.15, 0.2) is 0 Å². The summed E-state index contributed by atoms with van der Waals surface area (Å²) in [6.45, 7) is 2.24. The normalized spacial score (nSPS) is 35.2. The standard InChI is InChI=1S/C14H24O3/c1-3-4-5-6-7-10-8-13-11(14(15)16-2)9-12(10)17-13/h10-13H,3-9H2,1-2H3. The van der Waals surface area contributed by atoms with E-state index in [0.29, 0.717) is 12.0 Å². The highest BCUT2D eigenvalue weighted by Gasteiger charge is 2.49. The lowest BCUT2D eigenvalue weighted by molar-refractivity contribution is -0.147. The van der Waals surface area contributed by atoms with E-state index in [0.717, 1.165) is 12.8 Å². The van der Waals surface area contributed by atoms with Crippen molar-refractivity contribution in [3.63, 3.8) is 0 Å². The predicted octanol–water partition coefficient (Wildman–Crippen LogP) is 2.92. The van der Waals surface area contributed by atoms with Gasteiger partial charge in [-0.1, -0.05) is 32.6 Å². The van der Waals surface area contributed by atoms with Gasteiger partial charge in [-0.3, -0.25) is 4.79 Å². The monoisotopic (exact) mass is 240 g/mol. The highest BCUT2D eigenvalue weighted by atomic mass is 16.5. The number of carbonyl (C=O) groups is 1. The van der Waals surface area contributed by atoms with Crippen LogP contribution in [0, 0.1) is 11.8 Å². The zero-order valence-electron chi connectivity index (χ0n) is 11.0. The first-order valence-corrected chi connectivity index (χ1v) is 6.99. The van der Waals surface area contributed by atoms with E-state index in [2.05, 4.69) is 6.92 Å². The molecule has 2 bridgehead atoms. The Morgan fingerprint density at radius 2 is 2.06 bits per heavy atom. The molecule has 2 rings (SSSR count). The van der Waals surface area contributed by atoms with Crippen molar-refractivity contribution >= 4 is 5.97 Å². The first-order valence-electron chi connectivity index (χ1n) is 6.99. The number of hydrogen-bond acceptors (Lipinski definition) is 3. The molecule has 0 aliphatic carbocycles. The fourth-order valence-electron chi connectivity index (χ4n) is 3.29. The van der Waals surface area contributed by atoms with Crippen LogP contribution in [-0.2, 0) is 14.3 Å². The van der Waals surface area contributed by atoms with Gasteiger partial charge in [-0.2, -0.15) is 0 Å². The number of rotatable bonds is 6. The summed E-state index contributed by atoms with van der Waals surface area (Å²) in [6, 6.07) is 0. The van der Waals surface area contributed by atoms with Crippen molar-refractivity contribution < 1.29 is 14.3 Å². The maximum Gasteiger partial charge on any atom is 0.311 e. The highest BCUT2D eigenvalue weighted by molar-refractivity contribution is 5.73. The van der Waals surface area contributed by atoms with Crippen molar-refractivity contribution in [1.29, 1.82) is 0 Å². The molecule has 3 heteroatoms. The predicted molar refractivity (Wildman–Crippen MR) is 65.7 cm³/mol. The third-order valence-electron chi connectivity index (χ3n) is 4.28. The maximum atomic E-state index is 11.5. The SMILES string of the molecule is CCCCCCC1CC2OC1CC2C(=O)OC. The average molecular weight is 240 g/mol. The summed E-state index contributed by atoms with van der Waals surface area (Å²) in [5, 5.41) is 0. The number of hydrogen-bond donors (Lipinski definition) is 0. The zero-order valence-corrected chi connectivity index (χ0v) is 11.0. The Bertz CT molecular complexity index is 264. The Labute approximate surface area is 104 Å². The molecule has 4 unspecified atom stereocenters. The molecule has 2 aliphatic heterocycles. The quantitative estimate of drug-likeness (QED) is 0.529. The molecule has 2 heterocycles. The van der Waals surface area contributed by atoms with Crippen LogP contribution in [0.3, 0.4) is 0 Å². The molecule has 0 aromatic heterocycles. The van der Waals surface area contributed by atoms with Gasteiger partial charge in [0.25, 0.3) is 0 Å². The topological polar surface area (TPSA) is 35.5 Å². The molecule has 2 saturated heterocycles. The van der Waals surface area contributed by atoms with Gasteiger partial charge < -0.3 is 9.47 Å². The van der Waals surface area contributed by atoms with Gasteiger partial charge in [0.1, 0.15) is 0 Å². The molecule has 0 aromatic carbocycles. The summed E-state index contributed by atoms with van der Waals surface area (Å²) in [5.41, 5.74) is 0. The van der Waals surface area contributed by atoms with E-state index in [1.165, 1.54) is 39.2 Å². The lowest BCUT2D eigenvalue weighted by atomic mass is 9.80. The van der Waals surface area contributed by atoms with Gasteiger partial charge in [-0.15, -0.1) is 0 Å². The van der Waals surface area contributed by atoms with Crippen LogP contribution in [0.15, 0.2) is 0 Å². The first-order chi connectivity index (χ1) is 8.26. The molecule has 4 atom stereocenters. The number of carbonyl (C=O) groups excluding carboxylic acids is 1. The van der Waals surface area contributed by atoms with Crippen molar-refractivity contribution in [2.45, 2.75) is 64.1 Å². The second-order valence-electron chi connectivity index (χ2n) is 5.42. The Morgan fingerprint density at radius 1 is 1.24 bits per heavy atom. The fourth-order valence-corrected chi connectivity index (χ4v) is 3.29. The Hall–Kier alpha value is -0.570. The fraction of sp³-hybridized carbons (Fsp3) is 0.929. The summed E-state index contributed by atoms with van der Waals surface area (Å²) in [5.74, 6) is 0.622. The van der Waals surface area contributed by atoms with Gasteiger partial charge >= 0.3 is 5.97 Å². The van der Waals surface area contributed by atoms with Crippen LogP contribution >= 0.6 is 0 Å². The van der Waals surface area contributed by atoms with Gasteiger partial charge in [0.2, 0.25) is 0 Å². The van der Waals surface area contributed by atoms with E-state index in [9.17, 15) is 4.79 Å². The molecule has 0 radical (unpaired) electrons. The highest BCUT2D eigenvalue weighted by Crippen LogP contribution is 2.45.